The average molecular weight is 664 g/mol. The Morgan fingerprint density at radius 1 is 0.939 bits per heavy atom. The molecule has 49 heavy (non-hydrogen) atoms. The molecule has 254 valence electrons. The second-order valence-corrected chi connectivity index (χ2v) is 12.7. The fourth-order valence-corrected chi connectivity index (χ4v) is 6.58. The Morgan fingerprint density at radius 3 is 2.27 bits per heavy atom. The van der Waals surface area contributed by atoms with Gasteiger partial charge in [0.15, 0.2) is 12.4 Å². The summed E-state index contributed by atoms with van der Waals surface area (Å²) in [6.07, 6.45) is 11.3. The Balaban J connectivity index is 0.000000171. The SMILES string of the molecule is CN(C(=O)N1CCOC(c2ccccc2)C1)[C@@H]1CCN(C#N)C1.CN(C(=O)c1cc2cc(-c3cnn(C)c3)ncc2[nH]1)[C@@H]1CCN(C#N)C1. The summed E-state index contributed by atoms with van der Waals surface area (Å²) >= 11 is 0. The second-order valence-electron chi connectivity index (χ2n) is 12.7. The molecule has 3 aliphatic heterocycles. The Labute approximate surface area is 285 Å². The van der Waals surface area contributed by atoms with Gasteiger partial charge in [0.25, 0.3) is 5.91 Å². The van der Waals surface area contributed by atoms with E-state index in [4.69, 9.17) is 15.3 Å². The van der Waals surface area contributed by atoms with Gasteiger partial charge in [0.1, 0.15) is 11.8 Å². The number of likely N-dealkylation sites (tertiary alicyclic amines) is 2. The van der Waals surface area contributed by atoms with Crippen molar-refractivity contribution >= 4 is 22.8 Å². The van der Waals surface area contributed by atoms with E-state index in [1.807, 2.05) is 67.7 Å². The van der Waals surface area contributed by atoms with Gasteiger partial charge in [-0.3, -0.25) is 14.5 Å². The van der Waals surface area contributed by atoms with Crippen LogP contribution in [0.4, 0.5) is 4.79 Å². The average Bonchev–Trinajstić information content (AvgIpc) is 3.97. The lowest BCUT2D eigenvalue weighted by atomic mass is 10.1. The van der Waals surface area contributed by atoms with Gasteiger partial charge < -0.3 is 34.2 Å². The first-order chi connectivity index (χ1) is 23.7. The minimum absolute atomic E-state index is 0.0269. The molecule has 4 aromatic rings. The Bertz CT molecular complexity index is 1860. The van der Waals surface area contributed by atoms with E-state index in [-0.39, 0.29) is 30.1 Å². The summed E-state index contributed by atoms with van der Waals surface area (Å²) in [6.45, 7) is 4.38. The van der Waals surface area contributed by atoms with Crippen molar-refractivity contribution in [1.29, 1.82) is 10.5 Å². The largest absolute Gasteiger partial charge is 0.370 e. The van der Waals surface area contributed by atoms with Crippen LogP contribution in [0.5, 0.6) is 0 Å². The molecule has 7 rings (SSSR count). The van der Waals surface area contributed by atoms with E-state index in [9.17, 15) is 9.59 Å². The molecule has 3 aromatic heterocycles. The number of likely N-dealkylation sites (N-methyl/N-ethyl adjacent to an activating group) is 2. The third kappa shape index (κ3) is 7.45. The first-order valence-electron chi connectivity index (χ1n) is 16.5. The molecule has 14 nitrogen and oxygen atoms in total. The van der Waals surface area contributed by atoms with Gasteiger partial charge in [-0.25, -0.2) is 4.79 Å². The lowest BCUT2D eigenvalue weighted by molar-refractivity contribution is -0.0209. The van der Waals surface area contributed by atoms with E-state index in [1.54, 1.807) is 43.7 Å². The van der Waals surface area contributed by atoms with Gasteiger partial charge in [-0.1, -0.05) is 30.3 Å². The zero-order valence-electron chi connectivity index (χ0n) is 28.1. The molecule has 0 aliphatic carbocycles. The van der Waals surface area contributed by atoms with Gasteiger partial charge in [0, 0.05) is 71.0 Å². The number of aromatic amines is 1. The number of fused-ring (bicyclic) bond motifs is 1. The predicted molar refractivity (Wildman–Crippen MR) is 181 cm³/mol. The Morgan fingerprint density at radius 2 is 1.63 bits per heavy atom. The van der Waals surface area contributed by atoms with Gasteiger partial charge in [0.2, 0.25) is 0 Å². The van der Waals surface area contributed by atoms with E-state index in [1.165, 1.54) is 0 Å². The number of ether oxygens (including phenoxy) is 1. The van der Waals surface area contributed by atoms with Crippen molar-refractivity contribution in [1.82, 2.24) is 44.2 Å². The zero-order chi connectivity index (χ0) is 34.5. The lowest BCUT2D eigenvalue weighted by Gasteiger charge is -2.37. The number of aromatic nitrogens is 4. The van der Waals surface area contributed by atoms with Crippen LogP contribution in [0.15, 0.2) is 61.1 Å². The molecule has 3 amide bonds. The summed E-state index contributed by atoms with van der Waals surface area (Å²) in [4.78, 5) is 41.9. The van der Waals surface area contributed by atoms with Crippen molar-refractivity contribution in [2.24, 2.45) is 7.05 Å². The number of nitriles is 2. The molecule has 6 heterocycles. The number of aryl methyl sites for hydroxylation is 1. The highest BCUT2D eigenvalue weighted by atomic mass is 16.5. The number of rotatable bonds is 5. The molecule has 3 fully saturated rings. The number of amides is 3. The Hall–Kier alpha value is -5.60. The van der Waals surface area contributed by atoms with Crippen LogP contribution in [0, 0.1) is 22.9 Å². The van der Waals surface area contributed by atoms with E-state index in [2.05, 4.69) is 27.5 Å². The second kappa shape index (κ2) is 14.7. The van der Waals surface area contributed by atoms with Crippen LogP contribution in [0.25, 0.3) is 22.2 Å². The van der Waals surface area contributed by atoms with Crippen LogP contribution < -0.4 is 0 Å². The highest BCUT2D eigenvalue weighted by Crippen LogP contribution is 2.25. The van der Waals surface area contributed by atoms with E-state index < -0.39 is 0 Å². The van der Waals surface area contributed by atoms with Gasteiger partial charge in [-0.05, 0) is 30.5 Å². The standard InChI is InChI=1S/C18H19N7O.C17H22N4O2/c1-23-9-13(7-21-23)15-5-12-6-16(22-17(12)8-20-15)18(26)24(2)14-3-4-25(10-14)11-19;1-19(15-7-8-20(11-15)13-18)17(22)21-9-10-23-16(12-21)14-5-3-2-4-6-14/h5-9,14,22H,3-4,10H2,1-2H3;2-6,15-16H,7-12H2,1H3/t14-;15-,16?/m11/s1. The summed E-state index contributed by atoms with van der Waals surface area (Å²) in [5.41, 5.74) is 4.20. The molecule has 1 N–H and O–H groups in total. The van der Waals surface area contributed by atoms with Crippen molar-refractivity contribution in [2.45, 2.75) is 31.0 Å². The van der Waals surface area contributed by atoms with Gasteiger partial charge in [0.05, 0.1) is 48.8 Å². The molecule has 3 aliphatic rings. The van der Waals surface area contributed by atoms with Crippen LogP contribution in [0.1, 0.15) is 35.0 Å². The lowest BCUT2D eigenvalue weighted by Crippen LogP contribution is -2.51. The van der Waals surface area contributed by atoms with Crippen LogP contribution in [0.3, 0.4) is 0 Å². The quantitative estimate of drug-likeness (QED) is 0.317. The third-order valence-electron chi connectivity index (χ3n) is 9.57. The maximum atomic E-state index is 12.8. The van der Waals surface area contributed by atoms with Crippen LogP contribution in [-0.2, 0) is 11.8 Å². The first-order valence-corrected chi connectivity index (χ1v) is 16.5. The minimum atomic E-state index is -0.0751. The fourth-order valence-electron chi connectivity index (χ4n) is 6.58. The summed E-state index contributed by atoms with van der Waals surface area (Å²) in [6, 6.07) is 14.0. The maximum absolute atomic E-state index is 12.8. The number of morpholine rings is 1. The molecule has 14 heteroatoms. The van der Waals surface area contributed by atoms with Crippen molar-refractivity contribution in [3.8, 4) is 23.6 Å². The molecule has 0 spiro atoms. The van der Waals surface area contributed by atoms with E-state index in [0.29, 0.717) is 45.0 Å². The van der Waals surface area contributed by atoms with Crippen LogP contribution >= 0.6 is 0 Å². The molecule has 0 radical (unpaired) electrons. The van der Waals surface area contributed by atoms with Gasteiger partial charge in [-0.15, -0.1) is 0 Å². The normalized spacial score (nSPS) is 20.3. The Kier molecular flexibility index (Phi) is 9.97. The smallest absolute Gasteiger partial charge is 0.320 e. The minimum Gasteiger partial charge on any atom is -0.370 e. The number of nitrogens with zero attached hydrogens (tertiary/aromatic N) is 10. The third-order valence-corrected chi connectivity index (χ3v) is 9.57. The number of pyridine rings is 1. The monoisotopic (exact) mass is 663 g/mol. The summed E-state index contributed by atoms with van der Waals surface area (Å²) in [5, 5.41) is 23.0. The maximum Gasteiger partial charge on any atom is 0.320 e. The number of nitrogens with one attached hydrogen (secondary N) is 1. The molecule has 0 bridgehead atoms. The molecular weight excluding hydrogens is 622 g/mol. The molecule has 1 unspecified atom stereocenters. The molecule has 0 saturated carbocycles. The summed E-state index contributed by atoms with van der Waals surface area (Å²) < 4.78 is 7.55. The highest BCUT2D eigenvalue weighted by molar-refractivity contribution is 5.98. The fraction of sp³-hybridized carbons (Fsp3) is 0.429. The van der Waals surface area contributed by atoms with Crippen molar-refractivity contribution in [2.75, 3.05) is 60.0 Å². The van der Waals surface area contributed by atoms with Crippen molar-refractivity contribution in [3.05, 3.63) is 72.3 Å². The van der Waals surface area contributed by atoms with Gasteiger partial charge >= 0.3 is 6.03 Å². The van der Waals surface area contributed by atoms with Gasteiger partial charge in [-0.2, -0.15) is 15.6 Å². The number of urea groups is 1. The van der Waals surface area contributed by atoms with Crippen LogP contribution in [0.2, 0.25) is 0 Å². The topological polar surface area (TPSA) is 154 Å². The number of benzene rings is 1. The summed E-state index contributed by atoms with van der Waals surface area (Å²) in [7, 11) is 5.49. The van der Waals surface area contributed by atoms with Crippen molar-refractivity contribution < 1.29 is 14.3 Å². The predicted octanol–water partition coefficient (Wildman–Crippen LogP) is 3.26. The number of hydrogen-bond acceptors (Lipinski definition) is 9. The number of hydrogen-bond donors (Lipinski definition) is 1. The highest BCUT2D eigenvalue weighted by Gasteiger charge is 2.33. The number of H-pyrrole nitrogens is 1. The molecule has 3 saturated heterocycles. The number of carbonyl (C=O) groups excluding carboxylic acids is 2. The van der Waals surface area contributed by atoms with E-state index >= 15 is 0 Å². The first kappa shape index (κ1) is 33.3. The molecule has 1 aromatic carbocycles. The van der Waals surface area contributed by atoms with Crippen LogP contribution in [-0.4, -0.2) is 128 Å². The number of carbonyl (C=O) groups is 2. The molecular formula is C35H41N11O3. The van der Waals surface area contributed by atoms with E-state index in [0.717, 1.165) is 47.1 Å². The van der Waals surface area contributed by atoms with Crippen molar-refractivity contribution in [3.63, 3.8) is 0 Å². The summed E-state index contributed by atoms with van der Waals surface area (Å²) in [5.74, 6) is -0.0751. The zero-order valence-corrected chi connectivity index (χ0v) is 28.1. The molecule has 3 atom stereocenters.